The maximum absolute atomic E-state index is 12.5. The van der Waals surface area contributed by atoms with Crippen LogP contribution in [-0.4, -0.2) is 23.3 Å². The van der Waals surface area contributed by atoms with Gasteiger partial charge in [-0.05, 0) is 37.6 Å². The van der Waals surface area contributed by atoms with Crippen LogP contribution in [0.5, 0.6) is 0 Å². The smallest absolute Gasteiger partial charge is 0.274 e. The fraction of sp³-hybridized carbons (Fsp3) is 0.263. The Hall–Kier alpha value is -2.93. The minimum Gasteiger partial charge on any atom is -0.326 e. The molecule has 1 saturated heterocycles. The average molecular weight is 388 g/mol. The van der Waals surface area contributed by atoms with Crippen LogP contribution in [-0.2, 0) is 9.59 Å². The van der Waals surface area contributed by atoms with Crippen molar-refractivity contribution in [2.24, 2.45) is 5.92 Å². The van der Waals surface area contributed by atoms with E-state index in [2.05, 4.69) is 5.32 Å². The first-order chi connectivity index (χ1) is 12.8. The molecule has 2 amide bonds. The average Bonchev–Trinajstić information content (AvgIpc) is 3.00. The lowest BCUT2D eigenvalue weighted by atomic mass is 10.1. The minimum absolute atomic E-state index is 0.0487. The van der Waals surface area contributed by atoms with E-state index >= 15 is 0 Å². The number of nitro groups is 1. The summed E-state index contributed by atoms with van der Waals surface area (Å²) >= 11 is 6.07. The normalized spacial score (nSPS) is 16.5. The quantitative estimate of drug-likeness (QED) is 0.636. The number of halogens is 1. The van der Waals surface area contributed by atoms with Gasteiger partial charge in [-0.25, -0.2) is 0 Å². The lowest BCUT2D eigenvalue weighted by Gasteiger charge is -2.17. The van der Waals surface area contributed by atoms with Crippen LogP contribution in [0.1, 0.15) is 17.5 Å². The summed E-state index contributed by atoms with van der Waals surface area (Å²) in [6, 6.07) is 9.83. The maximum Gasteiger partial charge on any atom is 0.274 e. The van der Waals surface area contributed by atoms with Crippen molar-refractivity contribution in [1.82, 2.24) is 0 Å². The van der Waals surface area contributed by atoms with Gasteiger partial charge in [-0.3, -0.25) is 19.7 Å². The Labute approximate surface area is 161 Å². The molecule has 140 valence electrons. The number of nitrogens with one attached hydrogen (secondary N) is 1. The zero-order chi connectivity index (χ0) is 19.7. The number of carbonyl (C=O) groups excluding carboxylic acids is 2. The molecule has 0 aliphatic carbocycles. The molecule has 7 nitrogen and oxygen atoms in total. The molecule has 0 spiro atoms. The second-order valence-electron chi connectivity index (χ2n) is 6.59. The highest BCUT2D eigenvalue weighted by atomic mass is 35.5. The van der Waals surface area contributed by atoms with Gasteiger partial charge in [0.25, 0.3) is 5.69 Å². The maximum atomic E-state index is 12.5. The molecule has 2 aromatic carbocycles. The van der Waals surface area contributed by atoms with Gasteiger partial charge >= 0.3 is 0 Å². The first-order valence-electron chi connectivity index (χ1n) is 8.38. The van der Waals surface area contributed by atoms with E-state index in [1.165, 1.54) is 11.0 Å². The van der Waals surface area contributed by atoms with Crippen LogP contribution in [0, 0.1) is 29.9 Å². The molecule has 0 aromatic heterocycles. The van der Waals surface area contributed by atoms with E-state index in [1.54, 1.807) is 37.3 Å². The molecular formula is C19H18ClN3O4. The molecule has 1 aliphatic heterocycles. The SMILES string of the molecule is Cc1ccc(NC(=O)[C@@H]2CC(=O)N(c3ccc(C)c([N+](=O)[O-])c3)C2)cc1Cl. The molecule has 1 heterocycles. The summed E-state index contributed by atoms with van der Waals surface area (Å²) in [6.07, 6.45) is 0.0487. The van der Waals surface area contributed by atoms with Crippen molar-refractivity contribution in [2.45, 2.75) is 20.3 Å². The zero-order valence-corrected chi connectivity index (χ0v) is 15.6. The second-order valence-corrected chi connectivity index (χ2v) is 6.99. The highest BCUT2D eigenvalue weighted by Crippen LogP contribution is 2.30. The summed E-state index contributed by atoms with van der Waals surface area (Å²) in [7, 11) is 0. The van der Waals surface area contributed by atoms with Gasteiger partial charge in [-0.2, -0.15) is 0 Å². The predicted molar refractivity (Wildman–Crippen MR) is 103 cm³/mol. The number of hydrogen-bond donors (Lipinski definition) is 1. The number of nitro benzene ring substituents is 1. The molecule has 0 saturated carbocycles. The number of aryl methyl sites for hydroxylation is 2. The molecule has 1 aliphatic rings. The van der Waals surface area contributed by atoms with Crippen molar-refractivity contribution in [1.29, 1.82) is 0 Å². The van der Waals surface area contributed by atoms with Gasteiger partial charge in [-0.15, -0.1) is 0 Å². The van der Waals surface area contributed by atoms with Crippen molar-refractivity contribution in [3.8, 4) is 0 Å². The molecule has 1 fully saturated rings. The lowest BCUT2D eigenvalue weighted by molar-refractivity contribution is -0.385. The second kappa shape index (κ2) is 7.36. The van der Waals surface area contributed by atoms with Crippen molar-refractivity contribution in [2.75, 3.05) is 16.8 Å². The Bertz CT molecular complexity index is 945. The van der Waals surface area contributed by atoms with Crippen LogP contribution in [0.15, 0.2) is 36.4 Å². The molecule has 1 N–H and O–H groups in total. The molecule has 3 rings (SSSR count). The minimum atomic E-state index is -0.544. The van der Waals surface area contributed by atoms with Crippen LogP contribution >= 0.6 is 11.6 Å². The molecule has 0 bridgehead atoms. The van der Waals surface area contributed by atoms with E-state index < -0.39 is 10.8 Å². The molecule has 0 radical (unpaired) electrons. The molecule has 2 aromatic rings. The Morgan fingerprint density at radius 3 is 2.59 bits per heavy atom. The summed E-state index contributed by atoms with van der Waals surface area (Å²) in [4.78, 5) is 36.9. The van der Waals surface area contributed by atoms with Crippen molar-refractivity contribution in [3.63, 3.8) is 0 Å². The van der Waals surface area contributed by atoms with Crippen LogP contribution in [0.25, 0.3) is 0 Å². The van der Waals surface area contributed by atoms with E-state index in [9.17, 15) is 19.7 Å². The number of hydrogen-bond acceptors (Lipinski definition) is 4. The number of rotatable bonds is 4. The van der Waals surface area contributed by atoms with E-state index in [1.807, 2.05) is 6.92 Å². The fourth-order valence-electron chi connectivity index (χ4n) is 3.01. The van der Waals surface area contributed by atoms with Crippen LogP contribution in [0.2, 0.25) is 5.02 Å². The molecule has 0 unspecified atom stereocenters. The summed E-state index contributed by atoms with van der Waals surface area (Å²) in [6.45, 7) is 3.67. The van der Waals surface area contributed by atoms with E-state index in [-0.39, 0.29) is 30.5 Å². The highest BCUT2D eigenvalue weighted by Gasteiger charge is 2.35. The number of anilines is 2. The highest BCUT2D eigenvalue weighted by molar-refractivity contribution is 6.31. The van der Waals surface area contributed by atoms with Crippen molar-refractivity contribution >= 4 is 40.5 Å². The van der Waals surface area contributed by atoms with Gasteiger partial charge in [0.2, 0.25) is 11.8 Å². The van der Waals surface area contributed by atoms with Gasteiger partial charge in [0.05, 0.1) is 16.5 Å². The Kier molecular flexibility index (Phi) is 5.14. The Morgan fingerprint density at radius 1 is 1.22 bits per heavy atom. The van der Waals surface area contributed by atoms with Gasteiger partial charge < -0.3 is 10.2 Å². The molecule has 1 atom stereocenters. The van der Waals surface area contributed by atoms with Crippen molar-refractivity contribution in [3.05, 3.63) is 62.7 Å². The van der Waals surface area contributed by atoms with Crippen molar-refractivity contribution < 1.29 is 14.5 Å². The fourth-order valence-corrected chi connectivity index (χ4v) is 3.19. The Morgan fingerprint density at radius 2 is 1.93 bits per heavy atom. The topological polar surface area (TPSA) is 92.6 Å². The van der Waals surface area contributed by atoms with Gasteiger partial charge in [0.15, 0.2) is 0 Å². The summed E-state index contributed by atoms with van der Waals surface area (Å²) < 4.78 is 0. The van der Waals surface area contributed by atoms with Gasteiger partial charge in [0, 0.05) is 35.3 Å². The predicted octanol–water partition coefficient (Wildman–Crippen LogP) is 3.86. The largest absolute Gasteiger partial charge is 0.326 e. The van der Waals surface area contributed by atoms with E-state index in [0.717, 1.165) is 5.56 Å². The van der Waals surface area contributed by atoms with E-state index in [4.69, 9.17) is 11.6 Å². The van der Waals surface area contributed by atoms with Crippen LogP contribution < -0.4 is 10.2 Å². The zero-order valence-electron chi connectivity index (χ0n) is 14.9. The first kappa shape index (κ1) is 18.8. The third kappa shape index (κ3) is 3.93. The number of benzene rings is 2. The lowest BCUT2D eigenvalue weighted by Crippen LogP contribution is -2.28. The van der Waals surface area contributed by atoms with Crippen LogP contribution in [0.4, 0.5) is 17.1 Å². The summed E-state index contributed by atoms with van der Waals surface area (Å²) in [5, 5.41) is 14.4. The Balaban J connectivity index is 1.75. The standard InChI is InChI=1S/C19H18ClN3O4/c1-11-3-5-14(8-16(11)20)21-19(25)13-7-18(24)22(10-13)15-6-4-12(2)17(9-15)23(26)27/h3-6,8-9,13H,7,10H2,1-2H3,(H,21,25)/t13-/m1/s1. The van der Waals surface area contributed by atoms with Gasteiger partial charge in [-0.1, -0.05) is 23.7 Å². The molecule has 8 heteroatoms. The third-order valence-electron chi connectivity index (χ3n) is 4.64. The molecular weight excluding hydrogens is 370 g/mol. The first-order valence-corrected chi connectivity index (χ1v) is 8.76. The number of carbonyl (C=O) groups is 2. The van der Waals surface area contributed by atoms with E-state index in [0.29, 0.717) is 22.0 Å². The van der Waals surface area contributed by atoms with Gasteiger partial charge in [0.1, 0.15) is 0 Å². The summed E-state index contributed by atoms with van der Waals surface area (Å²) in [5.74, 6) is -1.07. The monoisotopic (exact) mass is 387 g/mol. The number of nitrogens with zero attached hydrogens (tertiary/aromatic N) is 2. The van der Waals surface area contributed by atoms with Crippen LogP contribution in [0.3, 0.4) is 0 Å². The summed E-state index contributed by atoms with van der Waals surface area (Å²) in [5.41, 5.74) is 2.35. The number of amides is 2. The third-order valence-corrected chi connectivity index (χ3v) is 5.04. The molecule has 27 heavy (non-hydrogen) atoms.